The Hall–Kier alpha value is -1.85. The van der Waals surface area contributed by atoms with Gasteiger partial charge in [-0.2, -0.15) is 0 Å². The highest BCUT2D eigenvalue weighted by molar-refractivity contribution is 6.34. The highest BCUT2D eigenvalue weighted by atomic mass is 28.1. The maximum atomic E-state index is 3.07. The molecule has 1 aliphatic carbocycles. The molecule has 1 N–H and O–H groups in total. The summed E-state index contributed by atoms with van der Waals surface area (Å²) in [7, 11) is 1.16. The SMILES string of the molecule is Cc1cc[nH]c1C.[SiH3]c1cccc2c1Cc1ccccc1-2.[SiH4]. The van der Waals surface area contributed by atoms with E-state index in [4.69, 9.17) is 0 Å². The maximum Gasteiger partial charge on any atom is 0.0389 e. The van der Waals surface area contributed by atoms with Crippen molar-refractivity contribution in [3.8, 4) is 11.1 Å². The summed E-state index contributed by atoms with van der Waals surface area (Å²) in [5, 5.41) is 1.55. The second kappa shape index (κ2) is 6.94. The predicted molar refractivity (Wildman–Crippen MR) is 106 cm³/mol. The number of rotatable bonds is 0. The number of aromatic nitrogens is 1. The van der Waals surface area contributed by atoms with E-state index in [0.717, 1.165) is 16.7 Å². The Morgan fingerprint density at radius 2 is 1.64 bits per heavy atom. The first-order chi connectivity index (χ1) is 10.2. The van der Waals surface area contributed by atoms with Gasteiger partial charge in [-0.25, -0.2) is 0 Å². The van der Waals surface area contributed by atoms with Crippen LogP contribution in [0.15, 0.2) is 54.7 Å². The summed E-state index contributed by atoms with van der Waals surface area (Å²) in [6.45, 7) is 4.15. The lowest BCUT2D eigenvalue weighted by Gasteiger charge is -2.02. The summed E-state index contributed by atoms with van der Waals surface area (Å²) in [5.74, 6) is 0. The lowest BCUT2D eigenvalue weighted by molar-refractivity contribution is 1.23. The molecule has 4 rings (SSSR count). The molecule has 0 fully saturated rings. The molecule has 0 saturated heterocycles. The fourth-order valence-electron chi connectivity index (χ4n) is 2.85. The van der Waals surface area contributed by atoms with Crippen LogP contribution in [0.4, 0.5) is 0 Å². The van der Waals surface area contributed by atoms with E-state index in [1.165, 1.54) is 27.9 Å². The van der Waals surface area contributed by atoms with Crippen molar-refractivity contribution < 1.29 is 0 Å². The Balaban J connectivity index is 0.000000189. The molecule has 1 nitrogen and oxygen atoms in total. The minimum Gasteiger partial charge on any atom is -0.365 e. The third-order valence-corrected chi connectivity index (χ3v) is 5.25. The van der Waals surface area contributed by atoms with E-state index in [2.05, 4.69) is 67.4 Å². The van der Waals surface area contributed by atoms with Crippen molar-refractivity contribution in [1.29, 1.82) is 0 Å². The third-order valence-electron chi connectivity index (χ3n) is 4.31. The molecule has 114 valence electrons. The first-order valence-electron chi connectivity index (χ1n) is 7.44. The van der Waals surface area contributed by atoms with Gasteiger partial charge in [-0.1, -0.05) is 47.7 Å². The number of aromatic amines is 1. The van der Waals surface area contributed by atoms with Crippen molar-refractivity contribution in [1.82, 2.24) is 4.98 Å². The fraction of sp³-hybridized carbons (Fsp3) is 0.158. The second-order valence-electron chi connectivity index (χ2n) is 5.72. The van der Waals surface area contributed by atoms with Crippen LogP contribution in [0.1, 0.15) is 22.4 Å². The Kier molecular flexibility index (Phi) is 5.21. The summed E-state index contributed by atoms with van der Waals surface area (Å²) < 4.78 is 0. The van der Waals surface area contributed by atoms with E-state index < -0.39 is 0 Å². The topological polar surface area (TPSA) is 15.8 Å². The zero-order valence-electron chi connectivity index (χ0n) is 12.9. The normalized spacial score (nSPS) is 11.0. The van der Waals surface area contributed by atoms with Crippen molar-refractivity contribution in [2.75, 3.05) is 0 Å². The van der Waals surface area contributed by atoms with Gasteiger partial charge < -0.3 is 4.98 Å². The van der Waals surface area contributed by atoms with Crippen molar-refractivity contribution in [2.45, 2.75) is 20.3 Å². The molecule has 0 atom stereocenters. The maximum absolute atomic E-state index is 3.07. The Morgan fingerprint density at radius 3 is 2.27 bits per heavy atom. The second-order valence-corrected chi connectivity index (χ2v) is 6.80. The van der Waals surface area contributed by atoms with Gasteiger partial charge in [0.05, 0.1) is 0 Å². The van der Waals surface area contributed by atoms with Crippen molar-refractivity contribution in [3.63, 3.8) is 0 Å². The van der Waals surface area contributed by atoms with E-state index in [-0.39, 0.29) is 11.0 Å². The third kappa shape index (κ3) is 3.15. The van der Waals surface area contributed by atoms with Gasteiger partial charge in [0.15, 0.2) is 0 Å². The molecule has 0 saturated carbocycles. The van der Waals surface area contributed by atoms with Gasteiger partial charge in [-0.3, -0.25) is 0 Å². The van der Waals surface area contributed by atoms with Crippen molar-refractivity contribution in [3.05, 3.63) is 77.1 Å². The number of H-pyrrole nitrogens is 1. The Bertz CT molecular complexity index is 758. The largest absolute Gasteiger partial charge is 0.365 e. The molecule has 0 radical (unpaired) electrons. The summed E-state index contributed by atoms with van der Waals surface area (Å²) in [6.07, 6.45) is 3.09. The number of hydrogen-bond donors (Lipinski definition) is 1. The van der Waals surface area contributed by atoms with Crippen LogP contribution >= 0.6 is 0 Å². The van der Waals surface area contributed by atoms with Crippen LogP contribution in [-0.4, -0.2) is 26.2 Å². The van der Waals surface area contributed by atoms with E-state index in [1.807, 2.05) is 6.20 Å². The number of aryl methyl sites for hydroxylation is 2. The van der Waals surface area contributed by atoms with Crippen molar-refractivity contribution >= 4 is 26.4 Å². The highest BCUT2D eigenvalue weighted by Crippen LogP contribution is 2.34. The Labute approximate surface area is 140 Å². The van der Waals surface area contributed by atoms with Gasteiger partial charge in [0.1, 0.15) is 0 Å². The Morgan fingerprint density at radius 1 is 0.909 bits per heavy atom. The molecule has 1 aromatic heterocycles. The van der Waals surface area contributed by atoms with Gasteiger partial charge in [0.25, 0.3) is 0 Å². The molecule has 0 aliphatic heterocycles. The summed E-state index contributed by atoms with van der Waals surface area (Å²) >= 11 is 0. The van der Waals surface area contributed by atoms with Crippen molar-refractivity contribution in [2.24, 2.45) is 0 Å². The molecule has 3 aromatic rings. The smallest absolute Gasteiger partial charge is 0.0389 e. The van der Waals surface area contributed by atoms with Gasteiger partial charge in [0, 0.05) is 22.1 Å². The molecule has 1 heterocycles. The summed E-state index contributed by atoms with van der Waals surface area (Å²) in [4.78, 5) is 3.07. The van der Waals surface area contributed by atoms with Gasteiger partial charge >= 0.3 is 0 Å². The van der Waals surface area contributed by atoms with E-state index in [9.17, 15) is 0 Å². The summed E-state index contributed by atoms with van der Waals surface area (Å²) in [5.41, 5.74) is 8.57. The van der Waals surface area contributed by atoms with Gasteiger partial charge in [0.2, 0.25) is 0 Å². The number of nitrogens with one attached hydrogen (secondary N) is 1. The first kappa shape index (κ1) is 16.5. The van der Waals surface area contributed by atoms with Crippen LogP contribution < -0.4 is 5.19 Å². The minimum atomic E-state index is 0. The quantitative estimate of drug-likeness (QED) is 0.471. The van der Waals surface area contributed by atoms with E-state index in [1.54, 1.807) is 10.8 Å². The molecular weight excluding hydrogens is 298 g/mol. The van der Waals surface area contributed by atoms with Gasteiger partial charge in [-0.15, -0.1) is 0 Å². The number of benzene rings is 2. The fourth-order valence-corrected chi connectivity index (χ4v) is 3.49. The molecule has 0 spiro atoms. The lowest BCUT2D eigenvalue weighted by Crippen LogP contribution is -2.08. The molecule has 3 heteroatoms. The standard InChI is InChI=1S/C13H12Si.C6H9N.H4Si/c14-13-7-3-6-11-10-5-2-1-4-9(10)8-12(11)13;1-5-3-4-7-6(5)2;/h1-7H,8H2,14H3;3-4,7H,1-2H3;1H4. The highest BCUT2D eigenvalue weighted by Gasteiger charge is 2.18. The minimum absolute atomic E-state index is 0. The van der Waals surface area contributed by atoms with Gasteiger partial charge in [-0.05, 0) is 65.1 Å². The number of hydrogen-bond acceptors (Lipinski definition) is 0. The average molecular weight is 324 g/mol. The molecule has 22 heavy (non-hydrogen) atoms. The van der Waals surface area contributed by atoms with Crippen LogP contribution in [0, 0.1) is 13.8 Å². The number of fused-ring (bicyclic) bond motifs is 3. The van der Waals surface area contributed by atoms with Crippen LogP contribution in [0.25, 0.3) is 11.1 Å². The monoisotopic (exact) mass is 323 g/mol. The van der Waals surface area contributed by atoms with Crippen LogP contribution in [0.2, 0.25) is 0 Å². The van der Waals surface area contributed by atoms with E-state index >= 15 is 0 Å². The molecule has 0 bridgehead atoms. The van der Waals surface area contributed by atoms with Crippen LogP contribution in [0.3, 0.4) is 0 Å². The van der Waals surface area contributed by atoms with E-state index in [0.29, 0.717) is 0 Å². The zero-order valence-corrected chi connectivity index (χ0v) is 14.9. The average Bonchev–Trinajstić information content (AvgIpc) is 3.05. The zero-order chi connectivity index (χ0) is 14.8. The van der Waals surface area contributed by atoms with Crippen LogP contribution in [-0.2, 0) is 6.42 Å². The molecular formula is C19H25NSi2. The molecule has 0 amide bonds. The summed E-state index contributed by atoms with van der Waals surface area (Å²) in [6, 6.07) is 17.5. The lowest BCUT2D eigenvalue weighted by atomic mass is 10.1. The molecule has 2 aromatic carbocycles. The predicted octanol–water partition coefficient (Wildman–Crippen LogP) is 1.43. The first-order valence-corrected chi connectivity index (χ1v) is 8.44. The van der Waals surface area contributed by atoms with Crippen LogP contribution in [0.5, 0.6) is 0 Å². The molecule has 1 aliphatic rings. The molecule has 0 unspecified atom stereocenters.